The lowest BCUT2D eigenvalue weighted by molar-refractivity contribution is -0.137. The minimum absolute atomic E-state index is 0.0608. The van der Waals surface area contributed by atoms with Crippen molar-refractivity contribution in [3.8, 4) is 0 Å². The van der Waals surface area contributed by atoms with Gasteiger partial charge in [0, 0.05) is 6.08 Å². The summed E-state index contributed by atoms with van der Waals surface area (Å²) in [6.45, 7) is 3.54. The molecule has 1 rings (SSSR count). The molecule has 0 spiro atoms. The fourth-order valence-electron chi connectivity index (χ4n) is 0.946. The Morgan fingerprint density at radius 2 is 2.29 bits per heavy atom. The summed E-state index contributed by atoms with van der Waals surface area (Å²) in [5.41, 5.74) is 0. The van der Waals surface area contributed by atoms with E-state index in [4.69, 9.17) is 9.15 Å². The van der Waals surface area contributed by atoms with Crippen LogP contribution < -0.4 is 5.32 Å². The maximum Gasteiger partial charge on any atom is 0.407 e. The van der Waals surface area contributed by atoms with Gasteiger partial charge in [0.2, 0.25) is 0 Å². The molecule has 0 bridgehead atoms. The Morgan fingerprint density at radius 3 is 2.94 bits per heavy atom. The monoisotopic (exact) mass is 239 g/mol. The first-order chi connectivity index (χ1) is 8.22. The zero-order chi connectivity index (χ0) is 12.5. The molecule has 0 saturated heterocycles. The first-order valence-electron chi connectivity index (χ1n) is 4.94. The molecule has 1 amide bonds. The van der Waals surface area contributed by atoms with E-state index < -0.39 is 12.1 Å². The van der Waals surface area contributed by atoms with E-state index in [1.807, 2.05) is 0 Å². The van der Waals surface area contributed by atoms with Crippen LogP contribution in [0.25, 0.3) is 0 Å². The van der Waals surface area contributed by atoms with Crippen molar-refractivity contribution < 1.29 is 23.5 Å². The normalized spacial score (nSPS) is 9.41. The number of rotatable bonds is 6. The van der Waals surface area contributed by atoms with E-state index in [1.165, 1.54) is 6.26 Å². The van der Waals surface area contributed by atoms with Crippen LogP contribution in [0.2, 0.25) is 0 Å². The Kier molecular flexibility index (Phi) is 5.36. The number of amides is 1. The van der Waals surface area contributed by atoms with Crippen molar-refractivity contribution in [1.29, 1.82) is 0 Å². The van der Waals surface area contributed by atoms with E-state index in [1.54, 1.807) is 12.1 Å². The molecular formula is C11H13NO5. The second kappa shape index (κ2) is 7.10. The molecule has 0 unspecified atom stereocenters. The second-order valence-corrected chi connectivity index (χ2v) is 2.95. The predicted octanol–water partition coefficient (Wildman–Crippen LogP) is 1.23. The van der Waals surface area contributed by atoms with Crippen molar-refractivity contribution in [1.82, 2.24) is 5.32 Å². The molecule has 0 aliphatic rings. The smallest absolute Gasteiger partial charge is 0.407 e. The number of nitrogens with one attached hydrogen (secondary N) is 1. The fourth-order valence-corrected chi connectivity index (χ4v) is 0.946. The van der Waals surface area contributed by atoms with Crippen molar-refractivity contribution in [3.05, 3.63) is 36.8 Å². The van der Waals surface area contributed by atoms with Gasteiger partial charge in [-0.3, -0.25) is 0 Å². The van der Waals surface area contributed by atoms with Crippen LogP contribution in [-0.2, 0) is 20.9 Å². The molecule has 1 heterocycles. The average molecular weight is 239 g/mol. The highest BCUT2D eigenvalue weighted by atomic mass is 16.6. The van der Waals surface area contributed by atoms with Crippen LogP contribution in [0, 0.1) is 0 Å². The molecule has 1 aromatic heterocycles. The third-order valence-electron chi connectivity index (χ3n) is 1.71. The first-order valence-corrected chi connectivity index (χ1v) is 4.94. The fraction of sp³-hybridized carbons (Fsp3) is 0.273. The van der Waals surface area contributed by atoms with Crippen molar-refractivity contribution in [2.75, 3.05) is 13.2 Å². The zero-order valence-corrected chi connectivity index (χ0v) is 9.18. The Hall–Kier alpha value is -2.24. The van der Waals surface area contributed by atoms with Gasteiger partial charge in [-0.25, -0.2) is 9.59 Å². The topological polar surface area (TPSA) is 77.8 Å². The highest BCUT2D eigenvalue weighted by Crippen LogP contribution is 2.01. The largest absolute Gasteiger partial charge is 0.466 e. The second-order valence-electron chi connectivity index (χ2n) is 2.95. The van der Waals surface area contributed by atoms with Crippen LogP contribution >= 0.6 is 0 Å². The standard InChI is InChI=1S/C11H13NO5/c1-2-10(13)16-7-5-12-11(14)17-8-9-4-3-6-15-9/h2-4,6H,1,5,7-8H2,(H,12,14). The van der Waals surface area contributed by atoms with Crippen LogP contribution in [0.1, 0.15) is 5.76 Å². The third kappa shape index (κ3) is 5.41. The predicted molar refractivity (Wildman–Crippen MR) is 58.1 cm³/mol. The molecule has 17 heavy (non-hydrogen) atoms. The quantitative estimate of drug-likeness (QED) is 0.459. The minimum atomic E-state index is -0.601. The number of ether oxygens (including phenoxy) is 2. The van der Waals surface area contributed by atoms with Gasteiger partial charge in [-0.15, -0.1) is 0 Å². The van der Waals surface area contributed by atoms with E-state index in [9.17, 15) is 9.59 Å². The number of hydrogen-bond donors (Lipinski definition) is 1. The van der Waals surface area contributed by atoms with Crippen LogP contribution in [0.3, 0.4) is 0 Å². The molecule has 0 saturated carbocycles. The van der Waals surface area contributed by atoms with Crippen LogP contribution in [0.4, 0.5) is 4.79 Å². The maximum atomic E-state index is 11.1. The number of esters is 1. The Balaban J connectivity index is 2.05. The zero-order valence-electron chi connectivity index (χ0n) is 9.18. The molecule has 1 aromatic rings. The van der Waals surface area contributed by atoms with E-state index in [0.29, 0.717) is 5.76 Å². The summed E-state index contributed by atoms with van der Waals surface area (Å²) in [5.74, 6) is 0.0222. The van der Waals surface area contributed by atoms with Crippen LogP contribution in [0.15, 0.2) is 35.5 Å². The lowest BCUT2D eigenvalue weighted by atomic mass is 10.5. The van der Waals surface area contributed by atoms with Crippen LogP contribution in [0.5, 0.6) is 0 Å². The van der Waals surface area contributed by atoms with Gasteiger partial charge >= 0.3 is 12.1 Å². The molecular weight excluding hydrogens is 226 g/mol. The van der Waals surface area contributed by atoms with E-state index >= 15 is 0 Å². The molecule has 6 nitrogen and oxygen atoms in total. The summed E-state index contributed by atoms with van der Waals surface area (Å²) in [7, 11) is 0. The lowest BCUT2D eigenvalue weighted by Gasteiger charge is -2.05. The summed E-state index contributed by atoms with van der Waals surface area (Å²) >= 11 is 0. The first kappa shape index (κ1) is 12.8. The maximum absolute atomic E-state index is 11.1. The minimum Gasteiger partial charge on any atom is -0.466 e. The molecule has 0 radical (unpaired) electrons. The summed E-state index contributed by atoms with van der Waals surface area (Å²) in [6.07, 6.45) is 1.94. The summed E-state index contributed by atoms with van der Waals surface area (Å²) in [6, 6.07) is 3.39. The number of furan rings is 1. The van der Waals surface area contributed by atoms with Crippen molar-refractivity contribution in [2.45, 2.75) is 6.61 Å². The highest BCUT2D eigenvalue weighted by molar-refractivity contribution is 5.81. The van der Waals surface area contributed by atoms with Gasteiger partial charge in [-0.05, 0) is 12.1 Å². The summed E-state index contributed by atoms with van der Waals surface area (Å²) < 4.78 is 14.4. The molecule has 0 aromatic carbocycles. The number of alkyl carbamates (subject to hydrolysis) is 1. The molecule has 0 atom stereocenters. The van der Waals surface area contributed by atoms with E-state index in [-0.39, 0.29) is 19.8 Å². The van der Waals surface area contributed by atoms with Gasteiger partial charge < -0.3 is 19.2 Å². The van der Waals surface area contributed by atoms with E-state index in [0.717, 1.165) is 6.08 Å². The number of carbonyl (C=O) groups excluding carboxylic acids is 2. The van der Waals surface area contributed by atoms with Gasteiger partial charge in [0.15, 0.2) is 6.61 Å². The van der Waals surface area contributed by atoms with Crippen molar-refractivity contribution in [2.24, 2.45) is 0 Å². The highest BCUT2D eigenvalue weighted by Gasteiger charge is 2.03. The lowest BCUT2D eigenvalue weighted by Crippen LogP contribution is -2.28. The Labute approximate surface area is 98.2 Å². The molecule has 6 heteroatoms. The molecule has 92 valence electrons. The van der Waals surface area contributed by atoms with E-state index in [2.05, 4.69) is 16.6 Å². The number of hydrogen-bond acceptors (Lipinski definition) is 5. The molecule has 0 aliphatic carbocycles. The Bertz CT molecular complexity index is 371. The van der Waals surface area contributed by atoms with Gasteiger partial charge in [0.1, 0.15) is 12.4 Å². The summed E-state index contributed by atoms with van der Waals surface area (Å²) in [5, 5.41) is 2.41. The molecule has 1 N–H and O–H groups in total. The van der Waals surface area contributed by atoms with Gasteiger partial charge in [-0.1, -0.05) is 6.58 Å². The SMILES string of the molecule is C=CC(=O)OCCNC(=O)OCc1ccco1. The van der Waals surface area contributed by atoms with Crippen molar-refractivity contribution >= 4 is 12.1 Å². The Morgan fingerprint density at radius 1 is 1.47 bits per heavy atom. The molecule has 0 fully saturated rings. The third-order valence-corrected chi connectivity index (χ3v) is 1.71. The molecule has 0 aliphatic heterocycles. The number of carbonyl (C=O) groups is 2. The van der Waals surface area contributed by atoms with Crippen molar-refractivity contribution in [3.63, 3.8) is 0 Å². The van der Waals surface area contributed by atoms with Gasteiger partial charge in [0.05, 0.1) is 12.8 Å². The average Bonchev–Trinajstić information content (AvgIpc) is 2.84. The van der Waals surface area contributed by atoms with Crippen LogP contribution in [-0.4, -0.2) is 25.2 Å². The van der Waals surface area contributed by atoms with Gasteiger partial charge in [-0.2, -0.15) is 0 Å². The summed E-state index contributed by atoms with van der Waals surface area (Å²) in [4.78, 5) is 21.8. The van der Waals surface area contributed by atoms with Gasteiger partial charge in [0.25, 0.3) is 0 Å².